The molecular formula is C11H11BrClF3N2. The third-order valence-electron chi connectivity index (χ3n) is 2.76. The maximum atomic E-state index is 12.8. The summed E-state index contributed by atoms with van der Waals surface area (Å²) < 4.78 is 38.7. The summed E-state index contributed by atoms with van der Waals surface area (Å²) in [6.07, 6.45) is -0.996. The highest BCUT2D eigenvalue weighted by Crippen LogP contribution is 2.37. The molecule has 100 valence electrons. The van der Waals surface area contributed by atoms with Crippen LogP contribution in [-0.4, -0.2) is 16.9 Å². The highest BCUT2D eigenvalue weighted by molar-refractivity contribution is 9.10. The Morgan fingerprint density at radius 3 is 2.72 bits per heavy atom. The van der Waals surface area contributed by atoms with Gasteiger partial charge in [0.15, 0.2) is 0 Å². The second-order valence-electron chi connectivity index (χ2n) is 4.28. The van der Waals surface area contributed by atoms with E-state index in [4.69, 9.17) is 11.6 Å². The molecule has 18 heavy (non-hydrogen) atoms. The van der Waals surface area contributed by atoms with Gasteiger partial charge in [-0.1, -0.05) is 0 Å². The van der Waals surface area contributed by atoms with Crippen molar-refractivity contribution in [1.29, 1.82) is 0 Å². The van der Waals surface area contributed by atoms with Gasteiger partial charge in [-0.25, -0.2) is 4.98 Å². The molecule has 1 aliphatic rings. The molecule has 2 nitrogen and oxygen atoms in total. The Morgan fingerprint density at radius 1 is 1.50 bits per heavy atom. The van der Waals surface area contributed by atoms with Gasteiger partial charge in [-0.05, 0) is 40.8 Å². The van der Waals surface area contributed by atoms with Gasteiger partial charge in [0.05, 0.1) is 10.9 Å². The second-order valence-corrected chi connectivity index (χ2v) is 5.76. The summed E-state index contributed by atoms with van der Waals surface area (Å²) in [6.45, 7) is 0.296. The van der Waals surface area contributed by atoms with E-state index >= 15 is 0 Å². The summed E-state index contributed by atoms with van der Waals surface area (Å²) >= 11 is 9.03. The molecule has 1 unspecified atom stereocenters. The van der Waals surface area contributed by atoms with E-state index in [-0.39, 0.29) is 11.2 Å². The number of aromatic nitrogens is 1. The Kier molecular flexibility index (Phi) is 4.06. The third kappa shape index (κ3) is 3.51. The first-order valence-electron chi connectivity index (χ1n) is 5.48. The molecule has 2 rings (SSSR count). The van der Waals surface area contributed by atoms with Crippen molar-refractivity contribution in [2.24, 2.45) is 5.92 Å². The lowest BCUT2D eigenvalue weighted by atomic mass is 10.2. The first-order chi connectivity index (χ1) is 8.38. The summed E-state index contributed by atoms with van der Waals surface area (Å²) in [5.74, 6) is 0.251. The number of nitrogens with zero attached hydrogens (tertiary/aromatic N) is 1. The van der Waals surface area contributed by atoms with E-state index in [0.29, 0.717) is 16.9 Å². The maximum Gasteiger partial charge on any atom is 0.419 e. The number of nitrogens with one attached hydrogen (secondary N) is 1. The molecule has 1 heterocycles. The Hall–Kier alpha value is -0.490. The molecule has 0 bridgehead atoms. The van der Waals surface area contributed by atoms with E-state index in [1.54, 1.807) is 0 Å². The summed E-state index contributed by atoms with van der Waals surface area (Å²) in [7, 11) is 0. The van der Waals surface area contributed by atoms with Gasteiger partial charge in [0.2, 0.25) is 0 Å². The zero-order chi connectivity index (χ0) is 13.3. The van der Waals surface area contributed by atoms with Crippen molar-refractivity contribution < 1.29 is 13.2 Å². The number of anilines is 1. The standard InChI is InChI=1S/C11H11BrClF3N2/c12-7-3-8(11(14,15)16)10(17-4-7)18-5-9(13)6-1-2-6/h3-4,6,9H,1-2,5H2,(H,17,18). The van der Waals surface area contributed by atoms with Crippen LogP contribution in [-0.2, 0) is 6.18 Å². The van der Waals surface area contributed by atoms with Crippen LogP contribution in [0.4, 0.5) is 19.0 Å². The lowest BCUT2D eigenvalue weighted by Gasteiger charge is -2.15. The van der Waals surface area contributed by atoms with Crippen LogP contribution in [0.5, 0.6) is 0 Å². The van der Waals surface area contributed by atoms with Crippen LogP contribution >= 0.6 is 27.5 Å². The minimum Gasteiger partial charge on any atom is -0.368 e. The minimum absolute atomic E-state index is 0.142. The molecule has 0 saturated heterocycles. The van der Waals surface area contributed by atoms with Crippen molar-refractivity contribution in [3.63, 3.8) is 0 Å². The lowest BCUT2D eigenvalue weighted by Crippen LogP contribution is -2.19. The van der Waals surface area contributed by atoms with Gasteiger partial charge in [0.1, 0.15) is 5.82 Å². The highest BCUT2D eigenvalue weighted by atomic mass is 79.9. The molecule has 0 aliphatic heterocycles. The SMILES string of the molecule is FC(F)(F)c1cc(Br)cnc1NCC(Cl)C1CC1. The number of alkyl halides is 4. The van der Waals surface area contributed by atoms with Gasteiger partial charge >= 0.3 is 6.18 Å². The molecule has 1 fully saturated rings. The normalized spacial score (nSPS) is 17.6. The molecule has 1 aromatic heterocycles. The largest absolute Gasteiger partial charge is 0.419 e. The quantitative estimate of drug-likeness (QED) is 0.825. The first kappa shape index (κ1) is 13.9. The van der Waals surface area contributed by atoms with Gasteiger partial charge in [-0.3, -0.25) is 0 Å². The monoisotopic (exact) mass is 342 g/mol. The van der Waals surface area contributed by atoms with E-state index < -0.39 is 11.7 Å². The van der Waals surface area contributed by atoms with E-state index in [9.17, 15) is 13.2 Å². The van der Waals surface area contributed by atoms with Gasteiger partial charge in [0, 0.05) is 17.2 Å². The molecule has 1 aliphatic carbocycles. The van der Waals surface area contributed by atoms with Crippen LogP contribution in [0.1, 0.15) is 18.4 Å². The second kappa shape index (κ2) is 5.25. The zero-order valence-electron chi connectivity index (χ0n) is 9.27. The predicted molar refractivity (Wildman–Crippen MR) is 67.8 cm³/mol. The zero-order valence-corrected chi connectivity index (χ0v) is 11.6. The van der Waals surface area contributed by atoms with Crippen LogP contribution < -0.4 is 5.32 Å². The molecule has 1 saturated carbocycles. The van der Waals surface area contributed by atoms with E-state index in [2.05, 4.69) is 26.2 Å². The van der Waals surface area contributed by atoms with Gasteiger partial charge in [0.25, 0.3) is 0 Å². The van der Waals surface area contributed by atoms with Gasteiger partial charge in [-0.2, -0.15) is 13.2 Å². The van der Waals surface area contributed by atoms with E-state index in [1.165, 1.54) is 6.20 Å². The Bertz CT molecular complexity index is 435. The van der Waals surface area contributed by atoms with E-state index in [1.807, 2.05) is 0 Å². The summed E-state index contributed by atoms with van der Waals surface area (Å²) in [6, 6.07) is 1.01. The number of halogens is 5. The number of hydrogen-bond acceptors (Lipinski definition) is 2. The fourth-order valence-electron chi connectivity index (χ4n) is 1.61. The molecule has 0 amide bonds. The van der Waals surface area contributed by atoms with Crippen LogP contribution in [0.3, 0.4) is 0 Å². The van der Waals surface area contributed by atoms with Crippen LogP contribution in [0.15, 0.2) is 16.7 Å². The van der Waals surface area contributed by atoms with Crippen molar-refractivity contribution in [3.8, 4) is 0 Å². The van der Waals surface area contributed by atoms with Crippen molar-refractivity contribution in [2.75, 3.05) is 11.9 Å². The number of pyridine rings is 1. The number of rotatable bonds is 4. The average Bonchev–Trinajstić information content (AvgIpc) is 3.09. The molecule has 0 spiro atoms. The topological polar surface area (TPSA) is 24.9 Å². The average molecular weight is 344 g/mol. The third-order valence-corrected chi connectivity index (χ3v) is 3.70. The van der Waals surface area contributed by atoms with Crippen molar-refractivity contribution in [1.82, 2.24) is 4.98 Å². The Morgan fingerprint density at radius 2 is 2.17 bits per heavy atom. The minimum atomic E-state index is -4.43. The highest BCUT2D eigenvalue weighted by Gasteiger charge is 2.35. The smallest absolute Gasteiger partial charge is 0.368 e. The van der Waals surface area contributed by atoms with Crippen LogP contribution in [0.25, 0.3) is 0 Å². The first-order valence-corrected chi connectivity index (χ1v) is 6.71. The Labute approximate surface area is 116 Å². The van der Waals surface area contributed by atoms with E-state index in [0.717, 1.165) is 18.9 Å². The fraction of sp³-hybridized carbons (Fsp3) is 0.545. The molecule has 0 radical (unpaired) electrons. The molecule has 1 N–H and O–H groups in total. The molecule has 7 heteroatoms. The number of hydrogen-bond donors (Lipinski definition) is 1. The molecule has 1 aromatic rings. The lowest BCUT2D eigenvalue weighted by molar-refractivity contribution is -0.137. The van der Waals surface area contributed by atoms with Crippen molar-refractivity contribution >= 4 is 33.3 Å². The molecular weight excluding hydrogens is 332 g/mol. The van der Waals surface area contributed by atoms with Crippen molar-refractivity contribution in [3.05, 3.63) is 22.3 Å². The van der Waals surface area contributed by atoms with Crippen molar-refractivity contribution in [2.45, 2.75) is 24.4 Å². The van der Waals surface area contributed by atoms with Crippen LogP contribution in [0, 0.1) is 5.92 Å². The summed E-state index contributed by atoms with van der Waals surface area (Å²) in [5.41, 5.74) is -0.781. The van der Waals surface area contributed by atoms with Crippen LogP contribution in [0.2, 0.25) is 0 Å². The van der Waals surface area contributed by atoms with Gasteiger partial charge < -0.3 is 5.32 Å². The summed E-state index contributed by atoms with van der Waals surface area (Å²) in [5, 5.41) is 2.54. The summed E-state index contributed by atoms with van der Waals surface area (Å²) in [4.78, 5) is 3.76. The molecule has 0 aromatic carbocycles. The van der Waals surface area contributed by atoms with Gasteiger partial charge in [-0.15, -0.1) is 11.6 Å². The maximum absolute atomic E-state index is 12.8. The Balaban J connectivity index is 2.11. The fourth-order valence-corrected chi connectivity index (χ4v) is 2.28. The molecule has 1 atom stereocenters. The predicted octanol–water partition coefficient (Wildman–Crippen LogP) is 4.29.